The lowest BCUT2D eigenvalue weighted by molar-refractivity contribution is 0.0590. The van der Waals surface area contributed by atoms with Crippen molar-refractivity contribution in [3.05, 3.63) is 52.9 Å². The second-order valence-electron chi connectivity index (χ2n) is 4.70. The number of carbonyl (C=O) groups excluding carboxylic acids is 1. The summed E-state index contributed by atoms with van der Waals surface area (Å²) in [6, 6.07) is 9.22. The van der Waals surface area contributed by atoms with Crippen LogP contribution in [0, 0.1) is 0 Å². The molecule has 112 valence electrons. The molecule has 6 nitrogen and oxygen atoms in total. The number of hydrogen-bond acceptors (Lipinski definition) is 4. The van der Waals surface area contributed by atoms with Gasteiger partial charge in [-0.3, -0.25) is 4.68 Å². The number of methoxy groups -OCH3 is 1. The van der Waals surface area contributed by atoms with Crippen LogP contribution in [0.25, 0.3) is 16.9 Å². The third kappa shape index (κ3) is 2.67. The van der Waals surface area contributed by atoms with Crippen LogP contribution in [0.15, 0.2) is 47.2 Å². The molecular weight excluding hydrogens is 348 g/mol. The molecule has 0 aliphatic rings. The molecule has 0 spiro atoms. The molecule has 0 aliphatic heterocycles. The number of rotatable bonds is 3. The number of aromatic nitrogens is 4. The summed E-state index contributed by atoms with van der Waals surface area (Å²) in [5.74, 6) is -0.439. The number of ether oxygens (including phenoxy) is 1. The van der Waals surface area contributed by atoms with Crippen molar-refractivity contribution in [3.63, 3.8) is 0 Å². The molecule has 0 amide bonds. The first-order valence-electron chi connectivity index (χ1n) is 6.52. The van der Waals surface area contributed by atoms with E-state index in [1.165, 1.54) is 7.11 Å². The molecule has 3 aromatic rings. The summed E-state index contributed by atoms with van der Waals surface area (Å²) in [6.07, 6.45) is 3.55. The van der Waals surface area contributed by atoms with Gasteiger partial charge in [-0.1, -0.05) is 15.9 Å². The summed E-state index contributed by atoms with van der Waals surface area (Å²) in [5.41, 5.74) is 2.64. The second kappa shape index (κ2) is 5.76. The Morgan fingerprint density at radius 3 is 2.59 bits per heavy atom. The molecule has 2 heterocycles. The summed E-state index contributed by atoms with van der Waals surface area (Å²) < 4.78 is 9.06. The number of esters is 1. The first-order chi connectivity index (χ1) is 10.6. The quantitative estimate of drug-likeness (QED) is 0.673. The van der Waals surface area contributed by atoms with E-state index in [1.54, 1.807) is 21.6 Å². The second-order valence-corrected chi connectivity index (χ2v) is 5.61. The van der Waals surface area contributed by atoms with Crippen molar-refractivity contribution in [2.45, 2.75) is 0 Å². The average Bonchev–Trinajstić information content (AvgIpc) is 3.13. The lowest BCUT2D eigenvalue weighted by Crippen LogP contribution is -2.10. The summed E-state index contributed by atoms with van der Waals surface area (Å²) in [6.45, 7) is 0. The Morgan fingerprint density at radius 1 is 1.27 bits per heavy atom. The van der Waals surface area contributed by atoms with E-state index in [0.717, 1.165) is 15.7 Å². The van der Waals surface area contributed by atoms with E-state index in [2.05, 4.69) is 26.1 Å². The maximum Gasteiger partial charge on any atom is 0.356 e. The van der Waals surface area contributed by atoms with Crippen molar-refractivity contribution in [2.24, 2.45) is 7.05 Å². The SMILES string of the molecule is COC(=O)c1cc(-c2cnn(C)c2)nn1-c1ccc(Br)cc1. The van der Waals surface area contributed by atoms with E-state index in [-0.39, 0.29) is 0 Å². The van der Waals surface area contributed by atoms with Crippen LogP contribution in [0.2, 0.25) is 0 Å². The van der Waals surface area contributed by atoms with Crippen LogP contribution in [0.5, 0.6) is 0 Å². The maximum absolute atomic E-state index is 12.0. The maximum atomic E-state index is 12.0. The lowest BCUT2D eigenvalue weighted by Gasteiger charge is -2.05. The van der Waals surface area contributed by atoms with Crippen molar-refractivity contribution >= 4 is 21.9 Å². The summed E-state index contributed by atoms with van der Waals surface area (Å²) in [7, 11) is 3.18. The zero-order chi connectivity index (χ0) is 15.7. The Kier molecular flexibility index (Phi) is 3.81. The molecule has 0 atom stereocenters. The van der Waals surface area contributed by atoms with E-state index in [1.807, 2.05) is 37.5 Å². The normalized spacial score (nSPS) is 10.7. The first-order valence-corrected chi connectivity index (χ1v) is 7.31. The van der Waals surface area contributed by atoms with Gasteiger partial charge in [-0.15, -0.1) is 0 Å². The molecule has 0 aliphatic carbocycles. The van der Waals surface area contributed by atoms with Crippen molar-refractivity contribution in [3.8, 4) is 16.9 Å². The lowest BCUT2D eigenvalue weighted by atomic mass is 10.2. The molecule has 22 heavy (non-hydrogen) atoms. The Hall–Kier alpha value is -2.41. The number of carbonyl (C=O) groups is 1. The average molecular weight is 361 g/mol. The van der Waals surface area contributed by atoms with Crippen LogP contribution in [-0.2, 0) is 11.8 Å². The molecule has 0 radical (unpaired) electrons. The fourth-order valence-corrected chi connectivity index (χ4v) is 2.37. The summed E-state index contributed by atoms with van der Waals surface area (Å²) >= 11 is 3.39. The van der Waals surface area contributed by atoms with Crippen LogP contribution in [0.1, 0.15) is 10.5 Å². The monoisotopic (exact) mass is 360 g/mol. The van der Waals surface area contributed by atoms with Crippen LogP contribution < -0.4 is 0 Å². The van der Waals surface area contributed by atoms with Crippen molar-refractivity contribution < 1.29 is 9.53 Å². The van der Waals surface area contributed by atoms with Gasteiger partial charge in [-0.05, 0) is 30.3 Å². The highest BCUT2D eigenvalue weighted by molar-refractivity contribution is 9.10. The number of aryl methyl sites for hydroxylation is 1. The van der Waals surface area contributed by atoms with Crippen molar-refractivity contribution in [1.29, 1.82) is 0 Å². The van der Waals surface area contributed by atoms with Crippen molar-refractivity contribution in [1.82, 2.24) is 19.6 Å². The van der Waals surface area contributed by atoms with E-state index < -0.39 is 5.97 Å². The van der Waals surface area contributed by atoms with Gasteiger partial charge in [0.15, 0.2) is 5.69 Å². The van der Waals surface area contributed by atoms with Gasteiger partial charge in [0, 0.05) is 23.3 Å². The molecule has 0 saturated heterocycles. The summed E-state index contributed by atoms with van der Waals surface area (Å²) in [5, 5.41) is 8.64. The molecule has 0 N–H and O–H groups in total. The molecule has 0 bridgehead atoms. The molecule has 2 aromatic heterocycles. The van der Waals surface area contributed by atoms with Gasteiger partial charge in [0.2, 0.25) is 0 Å². The minimum absolute atomic E-state index is 0.365. The number of halogens is 1. The van der Waals surface area contributed by atoms with Gasteiger partial charge < -0.3 is 4.74 Å². The van der Waals surface area contributed by atoms with E-state index in [0.29, 0.717) is 11.4 Å². The van der Waals surface area contributed by atoms with Crippen LogP contribution in [0.4, 0.5) is 0 Å². The highest BCUT2D eigenvalue weighted by Gasteiger charge is 2.18. The highest BCUT2D eigenvalue weighted by Crippen LogP contribution is 2.22. The highest BCUT2D eigenvalue weighted by atomic mass is 79.9. The van der Waals surface area contributed by atoms with E-state index >= 15 is 0 Å². The molecule has 0 unspecified atom stereocenters. The third-order valence-corrected chi connectivity index (χ3v) is 3.70. The number of nitrogens with zero attached hydrogens (tertiary/aromatic N) is 4. The third-order valence-electron chi connectivity index (χ3n) is 3.18. The summed E-state index contributed by atoms with van der Waals surface area (Å²) in [4.78, 5) is 12.0. The Balaban J connectivity index is 2.13. The van der Waals surface area contributed by atoms with Gasteiger partial charge in [-0.2, -0.15) is 10.2 Å². The topological polar surface area (TPSA) is 61.9 Å². The number of hydrogen-bond donors (Lipinski definition) is 0. The standard InChI is InChI=1S/C15H13BrN4O2/c1-19-9-10(8-17-19)13-7-14(15(21)22-2)20(18-13)12-5-3-11(16)4-6-12/h3-9H,1-2H3. The van der Waals surface area contributed by atoms with Crippen LogP contribution in [0.3, 0.4) is 0 Å². The van der Waals surface area contributed by atoms with Gasteiger partial charge in [0.25, 0.3) is 0 Å². The van der Waals surface area contributed by atoms with Crippen LogP contribution in [-0.4, -0.2) is 32.6 Å². The molecule has 0 fully saturated rings. The van der Waals surface area contributed by atoms with E-state index in [9.17, 15) is 4.79 Å². The van der Waals surface area contributed by atoms with Gasteiger partial charge in [0.05, 0.1) is 24.7 Å². The molecule has 7 heteroatoms. The minimum Gasteiger partial charge on any atom is -0.464 e. The zero-order valence-electron chi connectivity index (χ0n) is 12.0. The predicted molar refractivity (Wildman–Crippen MR) is 84.8 cm³/mol. The number of benzene rings is 1. The Labute approximate surface area is 135 Å². The molecular formula is C15H13BrN4O2. The van der Waals surface area contributed by atoms with Crippen LogP contribution >= 0.6 is 15.9 Å². The van der Waals surface area contributed by atoms with Crippen molar-refractivity contribution in [2.75, 3.05) is 7.11 Å². The van der Waals surface area contributed by atoms with E-state index in [4.69, 9.17) is 4.74 Å². The fraction of sp³-hybridized carbons (Fsp3) is 0.133. The van der Waals surface area contributed by atoms with Gasteiger partial charge >= 0.3 is 5.97 Å². The first kappa shape index (κ1) is 14.5. The van der Waals surface area contributed by atoms with Gasteiger partial charge in [-0.25, -0.2) is 9.48 Å². The Bertz CT molecular complexity index is 820. The minimum atomic E-state index is -0.439. The molecule has 3 rings (SSSR count). The molecule has 0 saturated carbocycles. The largest absolute Gasteiger partial charge is 0.464 e. The fourth-order valence-electron chi connectivity index (χ4n) is 2.10. The predicted octanol–water partition coefficient (Wildman–Crippen LogP) is 2.82. The smallest absolute Gasteiger partial charge is 0.356 e. The van der Waals surface area contributed by atoms with Gasteiger partial charge in [0.1, 0.15) is 0 Å². The Morgan fingerprint density at radius 2 is 2.00 bits per heavy atom. The zero-order valence-corrected chi connectivity index (χ0v) is 13.6. The molecule has 1 aromatic carbocycles.